The Morgan fingerprint density at radius 3 is 2.63 bits per heavy atom. The summed E-state index contributed by atoms with van der Waals surface area (Å²) < 4.78 is 2.15. The number of pyridine rings is 1. The van der Waals surface area contributed by atoms with Crippen LogP contribution in [0.15, 0.2) is 59.9 Å². The first-order valence-electron chi connectivity index (χ1n) is 9.36. The minimum absolute atomic E-state index is 0.600. The Morgan fingerprint density at radius 1 is 1.11 bits per heavy atom. The monoisotopic (exact) mass is 364 g/mol. The Labute approximate surface area is 160 Å². The maximum Gasteiger partial charge on any atom is 0.191 e. The topological polar surface area (TPSA) is 57.5 Å². The number of benzene rings is 1. The summed E-state index contributed by atoms with van der Waals surface area (Å²) in [6.07, 6.45) is 4.13. The van der Waals surface area contributed by atoms with Gasteiger partial charge < -0.3 is 20.1 Å². The third-order valence-electron chi connectivity index (χ3n) is 4.33. The molecule has 2 heterocycles. The van der Waals surface area contributed by atoms with Crippen molar-refractivity contribution in [2.75, 3.05) is 32.1 Å². The lowest BCUT2D eigenvalue weighted by Gasteiger charge is -2.15. The fraction of sp³-hybridized carbons (Fsp3) is 0.333. The highest BCUT2D eigenvalue weighted by atomic mass is 15.2. The molecule has 3 aromatic rings. The van der Waals surface area contributed by atoms with Crippen LogP contribution in [0.4, 0.5) is 5.82 Å². The lowest BCUT2D eigenvalue weighted by atomic mass is 10.1. The highest BCUT2D eigenvalue weighted by Crippen LogP contribution is 2.22. The summed E-state index contributed by atoms with van der Waals surface area (Å²) in [4.78, 5) is 11.5. The molecule has 3 rings (SSSR count). The normalized spacial score (nSPS) is 11.6. The van der Waals surface area contributed by atoms with Crippen LogP contribution >= 0.6 is 0 Å². The minimum atomic E-state index is 0.600. The zero-order valence-electron chi connectivity index (χ0n) is 16.3. The van der Waals surface area contributed by atoms with Crippen molar-refractivity contribution in [3.63, 3.8) is 0 Å². The van der Waals surface area contributed by atoms with E-state index in [1.165, 1.54) is 5.56 Å². The molecule has 0 spiro atoms. The number of fused-ring (bicyclic) bond motifs is 1. The van der Waals surface area contributed by atoms with Gasteiger partial charge in [-0.15, -0.1) is 0 Å². The van der Waals surface area contributed by atoms with Crippen LogP contribution in [-0.2, 0) is 13.1 Å². The van der Waals surface area contributed by atoms with E-state index in [1.54, 1.807) is 0 Å². The van der Waals surface area contributed by atoms with E-state index in [4.69, 9.17) is 9.98 Å². The predicted molar refractivity (Wildman–Crippen MR) is 113 cm³/mol. The SMILES string of the molecule is CCNC(=NCc1cc(N(C)C)nc2ccccc12)NCCn1cccc1. The van der Waals surface area contributed by atoms with E-state index in [9.17, 15) is 0 Å². The number of hydrogen-bond acceptors (Lipinski definition) is 3. The Hall–Kier alpha value is -3.02. The van der Waals surface area contributed by atoms with E-state index >= 15 is 0 Å². The molecule has 1 aromatic carbocycles. The van der Waals surface area contributed by atoms with Crippen LogP contribution in [0, 0.1) is 0 Å². The summed E-state index contributed by atoms with van der Waals surface area (Å²) >= 11 is 0. The molecule has 0 aliphatic heterocycles. The number of aliphatic imine (C=N–C) groups is 1. The minimum Gasteiger partial charge on any atom is -0.363 e. The van der Waals surface area contributed by atoms with Crippen molar-refractivity contribution >= 4 is 22.7 Å². The first-order chi connectivity index (χ1) is 13.2. The van der Waals surface area contributed by atoms with E-state index in [0.29, 0.717) is 6.54 Å². The molecule has 0 bridgehead atoms. The highest BCUT2D eigenvalue weighted by Gasteiger charge is 2.07. The van der Waals surface area contributed by atoms with E-state index in [-0.39, 0.29) is 0 Å². The van der Waals surface area contributed by atoms with Gasteiger partial charge in [-0.05, 0) is 36.8 Å². The van der Waals surface area contributed by atoms with Gasteiger partial charge in [-0.25, -0.2) is 9.98 Å². The summed E-state index contributed by atoms with van der Waals surface area (Å²) in [7, 11) is 4.02. The molecule has 0 fully saturated rings. The van der Waals surface area contributed by atoms with E-state index in [2.05, 4.69) is 52.7 Å². The molecule has 0 saturated heterocycles. The van der Waals surface area contributed by atoms with Gasteiger partial charge in [0.2, 0.25) is 0 Å². The van der Waals surface area contributed by atoms with Crippen molar-refractivity contribution < 1.29 is 0 Å². The second-order valence-corrected chi connectivity index (χ2v) is 6.59. The smallest absolute Gasteiger partial charge is 0.191 e. The van der Waals surface area contributed by atoms with Gasteiger partial charge in [-0.3, -0.25) is 0 Å². The van der Waals surface area contributed by atoms with Crippen LogP contribution in [-0.4, -0.2) is 42.7 Å². The van der Waals surface area contributed by atoms with Gasteiger partial charge in [0.15, 0.2) is 5.96 Å². The Balaban J connectivity index is 1.76. The molecule has 27 heavy (non-hydrogen) atoms. The number of hydrogen-bond donors (Lipinski definition) is 2. The maximum absolute atomic E-state index is 4.79. The first-order valence-corrected chi connectivity index (χ1v) is 9.36. The van der Waals surface area contributed by atoms with Gasteiger partial charge in [-0.2, -0.15) is 0 Å². The number of anilines is 1. The second-order valence-electron chi connectivity index (χ2n) is 6.59. The molecule has 0 saturated carbocycles. The van der Waals surface area contributed by atoms with E-state index < -0.39 is 0 Å². The van der Waals surface area contributed by atoms with Gasteiger partial charge in [0.25, 0.3) is 0 Å². The lowest BCUT2D eigenvalue weighted by Crippen LogP contribution is -2.38. The van der Waals surface area contributed by atoms with Gasteiger partial charge in [0, 0.05) is 51.5 Å². The number of guanidine groups is 1. The average molecular weight is 364 g/mol. The quantitative estimate of drug-likeness (QED) is 0.500. The second kappa shape index (κ2) is 9.07. The highest BCUT2D eigenvalue weighted by molar-refractivity contribution is 5.85. The molecule has 0 aliphatic rings. The van der Waals surface area contributed by atoms with Gasteiger partial charge >= 0.3 is 0 Å². The Morgan fingerprint density at radius 2 is 1.89 bits per heavy atom. The van der Waals surface area contributed by atoms with Crippen molar-refractivity contribution in [2.24, 2.45) is 4.99 Å². The fourth-order valence-electron chi connectivity index (χ4n) is 2.92. The van der Waals surface area contributed by atoms with Crippen LogP contribution < -0.4 is 15.5 Å². The lowest BCUT2D eigenvalue weighted by molar-refractivity contribution is 0.666. The van der Waals surface area contributed by atoms with Crippen LogP contribution in [0.2, 0.25) is 0 Å². The summed E-state index contributed by atoms with van der Waals surface area (Å²) in [6, 6.07) is 14.4. The van der Waals surface area contributed by atoms with Gasteiger partial charge in [0.05, 0.1) is 12.1 Å². The summed E-state index contributed by atoms with van der Waals surface area (Å²) in [6.45, 7) is 5.23. The molecule has 0 amide bonds. The van der Waals surface area contributed by atoms with E-state index in [1.807, 2.05) is 43.3 Å². The van der Waals surface area contributed by atoms with Crippen LogP contribution in [0.5, 0.6) is 0 Å². The van der Waals surface area contributed by atoms with Crippen molar-refractivity contribution in [1.82, 2.24) is 20.2 Å². The van der Waals surface area contributed by atoms with Crippen molar-refractivity contribution in [3.05, 3.63) is 60.4 Å². The standard InChI is InChI=1S/C21H28N6/c1-4-22-21(23-11-14-27-12-7-8-13-27)24-16-17-15-20(26(2)3)25-19-10-6-5-9-18(17)19/h5-10,12-13,15H,4,11,14,16H2,1-3H3,(H2,22,23,24). The molecule has 2 N–H and O–H groups in total. The largest absolute Gasteiger partial charge is 0.363 e. The van der Waals surface area contributed by atoms with Gasteiger partial charge in [-0.1, -0.05) is 18.2 Å². The molecular weight excluding hydrogens is 336 g/mol. The maximum atomic E-state index is 4.79. The summed E-state index contributed by atoms with van der Waals surface area (Å²) in [5.41, 5.74) is 2.17. The zero-order chi connectivity index (χ0) is 19.1. The molecular formula is C21H28N6. The van der Waals surface area contributed by atoms with Crippen molar-refractivity contribution in [1.29, 1.82) is 0 Å². The molecule has 0 radical (unpaired) electrons. The average Bonchev–Trinajstić information content (AvgIpc) is 3.19. The van der Waals surface area contributed by atoms with Crippen LogP contribution in [0.3, 0.4) is 0 Å². The predicted octanol–water partition coefficient (Wildman–Crippen LogP) is 2.86. The molecule has 142 valence electrons. The van der Waals surface area contributed by atoms with Gasteiger partial charge in [0.1, 0.15) is 5.82 Å². The molecule has 6 nitrogen and oxygen atoms in total. The Kier molecular flexibility index (Phi) is 6.30. The number of nitrogens with one attached hydrogen (secondary N) is 2. The molecule has 0 unspecified atom stereocenters. The van der Waals surface area contributed by atoms with Crippen LogP contribution in [0.25, 0.3) is 10.9 Å². The fourth-order valence-corrected chi connectivity index (χ4v) is 2.92. The Bertz CT molecular complexity index is 883. The molecule has 0 aliphatic carbocycles. The number of nitrogens with zero attached hydrogens (tertiary/aromatic N) is 4. The number of rotatable bonds is 7. The third kappa shape index (κ3) is 5.00. The zero-order valence-corrected chi connectivity index (χ0v) is 16.3. The summed E-state index contributed by atoms with van der Waals surface area (Å²) in [5.74, 6) is 1.78. The van der Waals surface area contributed by atoms with Crippen molar-refractivity contribution in [3.8, 4) is 0 Å². The molecule has 6 heteroatoms. The molecule has 0 atom stereocenters. The van der Waals surface area contributed by atoms with Crippen LogP contribution in [0.1, 0.15) is 12.5 Å². The number of para-hydroxylation sites is 1. The molecule has 2 aromatic heterocycles. The summed E-state index contributed by atoms with van der Waals surface area (Å²) in [5, 5.41) is 7.88. The first kappa shape index (κ1) is 18.8. The van der Waals surface area contributed by atoms with Crippen molar-refractivity contribution in [2.45, 2.75) is 20.0 Å². The number of aromatic nitrogens is 2. The van der Waals surface area contributed by atoms with E-state index in [0.717, 1.165) is 42.3 Å². The third-order valence-corrected chi connectivity index (χ3v) is 4.33.